The summed E-state index contributed by atoms with van der Waals surface area (Å²) < 4.78 is 0. The molecule has 0 aliphatic rings. The summed E-state index contributed by atoms with van der Waals surface area (Å²) in [6, 6.07) is 0. The summed E-state index contributed by atoms with van der Waals surface area (Å²) in [5.74, 6) is 0. The Kier molecular flexibility index (Phi) is 555. The largest absolute Gasteiger partial charge is 3.00 e. The number of rotatable bonds is 0. The van der Waals surface area contributed by atoms with Crippen LogP contribution in [-0.2, 0) is 81.8 Å². The Morgan fingerprint density at radius 2 is 0.455 bits per heavy atom. The van der Waals surface area contributed by atoms with E-state index in [0.717, 1.165) is 0 Å². The average Bonchev–Trinajstić information content (AvgIpc) is 0. The van der Waals surface area contributed by atoms with Crippen LogP contribution in [0, 0.1) is 236 Å². The van der Waals surface area contributed by atoms with Gasteiger partial charge in [0.2, 0.25) is 0 Å². The summed E-state index contributed by atoms with van der Waals surface area (Å²) in [6.45, 7) is 0. The summed E-state index contributed by atoms with van der Waals surface area (Å²) in [5.41, 5.74) is 0. The smallest absolute Gasteiger partial charge is 2.00 e. The molecule has 3 nitrogen and oxygen atoms in total. The maximum atomic E-state index is 0. The molecule has 0 bridgehead atoms. The molecule has 0 aliphatic heterocycles. The van der Waals surface area contributed by atoms with Crippen molar-refractivity contribution in [3.05, 3.63) is 0 Å². The first-order valence-electron chi connectivity index (χ1n) is 0. The molecule has 46 valence electrons. The van der Waals surface area contributed by atoms with Gasteiger partial charge < -0.3 is 16.4 Å². The average molecular weight is 1070 g/mol. The van der Waals surface area contributed by atoms with Crippen LogP contribution in [0.1, 0.15) is 0 Å². The van der Waals surface area contributed by atoms with Gasteiger partial charge in [-0.2, -0.15) is 0 Å². The van der Waals surface area contributed by atoms with E-state index in [4.69, 9.17) is 0 Å². The van der Waals surface area contributed by atoms with Crippen molar-refractivity contribution < 1.29 is 318 Å². The second-order valence-electron chi connectivity index (χ2n) is 0. The minimum atomic E-state index is 0. The van der Waals surface area contributed by atoms with Crippen molar-refractivity contribution in [3.8, 4) is 0 Å². The summed E-state index contributed by atoms with van der Waals surface area (Å²) in [7, 11) is 0. The first-order valence-corrected chi connectivity index (χ1v) is 0. The van der Waals surface area contributed by atoms with E-state index in [1.807, 2.05) is 0 Å². The molecule has 0 unspecified atom stereocenters. The SMILES string of the molecule is [Ce].[Ce].[La].[La].[Nd+3].[Nd+3].[O-2].[O-2].[O-2].[Y].[Y]. The van der Waals surface area contributed by atoms with Gasteiger partial charge in [-0.05, 0) is 0 Å². The molecule has 0 saturated heterocycles. The summed E-state index contributed by atoms with van der Waals surface area (Å²) >= 11 is 0. The van der Waals surface area contributed by atoms with Crippen LogP contribution in [0.15, 0.2) is 0 Å². The van der Waals surface area contributed by atoms with Gasteiger partial charge in [-0.3, -0.25) is 0 Å². The molecule has 0 N–H and O–H groups in total. The van der Waals surface area contributed by atoms with Crippen molar-refractivity contribution >= 4 is 0 Å². The standard InChI is InChI=1S/2Ce.2La.2Nd.3O.2Y/q;;;;2*+3;3*-2;;. The van der Waals surface area contributed by atoms with Crippen LogP contribution in [0.25, 0.3) is 0 Å². The van der Waals surface area contributed by atoms with Gasteiger partial charge in [-0.15, -0.1) is 0 Å². The molecule has 0 aromatic heterocycles. The molecule has 11 heavy (non-hydrogen) atoms. The Morgan fingerprint density at radius 3 is 0.455 bits per heavy atom. The molecular formula is Ce2La2Nd2O3Y2. The molecule has 0 amide bonds. The van der Waals surface area contributed by atoms with E-state index in [2.05, 4.69) is 0 Å². The van der Waals surface area contributed by atoms with Crippen LogP contribution in [0.3, 0.4) is 0 Å². The summed E-state index contributed by atoms with van der Waals surface area (Å²) in [5, 5.41) is 0. The quantitative estimate of drug-likeness (QED) is 0.318. The first-order chi connectivity index (χ1) is 0. The summed E-state index contributed by atoms with van der Waals surface area (Å²) in [4.78, 5) is 0. The molecule has 0 fully saturated rings. The third-order valence-electron chi connectivity index (χ3n) is 0. The van der Waals surface area contributed by atoms with Gasteiger partial charge in [0.25, 0.3) is 0 Å². The van der Waals surface area contributed by atoms with Gasteiger partial charge in [-0.1, -0.05) is 0 Å². The van der Waals surface area contributed by atoms with Crippen molar-refractivity contribution in [2.45, 2.75) is 0 Å². The molecule has 0 aliphatic carbocycles. The second kappa shape index (κ2) is 72.4. The van der Waals surface area contributed by atoms with E-state index in [1.165, 1.54) is 0 Å². The molecule has 0 saturated carbocycles. The molecule has 11 heteroatoms. The first kappa shape index (κ1) is 84.3. The van der Waals surface area contributed by atoms with E-state index in [9.17, 15) is 0 Å². The van der Waals surface area contributed by atoms with E-state index in [0.29, 0.717) is 0 Å². The fourth-order valence-corrected chi connectivity index (χ4v) is 0. The van der Waals surface area contributed by atoms with Crippen LogP contribution in [-0.4, -0.2) is 0 Å². The molecule has 0 heterocycles. The molecule has 0 rings (SSSR count). The van der Waals surface area contributed by atoms with Gasteiger partial charge in [-0.25, -0.2) is 0 Å². The number of hydrogen-bond acceptors (Lipinski definition) is 0. The minimum Gasteiger partial charge on any atom is -2.00 e. The zero-order valence-electron chi connectivity index (χ0n) is 5.53. The van der Waals surface area contributed by atoms with Crippen molar-refractivity contribution in [2.24, 2.45) is 0 Å². The fraction of sp³-hybridized carbons (Fsp3) is 0. The van der Waals surface area contributed by atoms with Crippen LogP contribution in [0.4, 0.5) is 0 Å². The Morgan fingerprint density at radius 1 is 0.455 bits per heavy atom. The Bertz CT molecular complexity index is 25.3. The molecule has 0 aromatic carbocycles. The van der Waals surface area contributed by atoms with Crippen molar-refractivity contribution in [1.82, 2.24) is 0 Å². The second-order valence-corrected chi connectivity index (χ2v) is 0. The van der Waals surface area contributed by atoms with Gasteiger partial charge in [0.15, 0.2) is 0 Å². The molecule has 0 spiro atoms. The molecule has 0 aromatic rings. The third-order valence-corrected chi connectivity index (χ3v) is 0. The van der Waals surface area contributed by atoms with Crippen molar-refractivity contribution in [2.75, 3.05) is 0 Å². The molecule has 0 atom stereocenters. The predicted molar refractivity (Wildman–Crippen MR) is 2.06 cm³/mol. The van der Waals surface area contributed by atoms with Crippen LogP contribution < -0.4 is 0 Å². The zero-order chi connectivity index (χ0) is 0. The topological polar surface area (TPSA) is 85.5 Å². The monoisotopic (exact) mass is 1070 g/mol. The van der Waals surface area contributed by atoms with Gasteiger partial charge in [0.1, 0.15) is 0 Å². The van der Waals surface area contributed by atoms with Crippen LogP contribution >= 0.6 is 0 Å². The summed E-state index contributed by atoms with van der Waals surface area (Å²) in [6.07, 6.45) is 0. The van der Waals surface area contributed by atoms with Crippen LogP contribution in [0.5, 0.6) is 0 Å². The van der Waals surface area contributed by atoms with Crippen molar-refractivity contribution in [3.63, 3.8) is 0 Å². The minimum absolute atomic E-state index is 0. The molecular weight excluding hydrogens is 1070 g/mol. The van der Waals surface area contributed by atoms with E-state index in [1.54, 1.807) is 0 Å². The fourth-order valence-electron chi connectivity index (χ4n) is 0. The maximum Gasteiger partial charge on any atom is 3.00 e. The Hall–Kier alpha value is 9.93. The normalized spacial score (nSPS) is 0. The van der Waals surface area contributed by atoms with E-state index < -0.39 is 0 Å². The Labute approximate surface area is 307 Å². The van der Waals surface area contributed by atoms with Crippen molar-refractivity contribution in [1.29, 1.82) is 0 Å². The maximum absolute atomic E-state index is 0. The van der Waals surface area contributed by atoms with Crippen LogP contribution in [0.2, 0.25) is 0 Å². The van der Waals surface area contributed by atoms with Gasteiger partial charge >= 0.3 is 81.7 Å². The van der Waals surface area contributed by atoms with E-state index in [-0.39, 0.29) is 318 Å². The number of hydrogen-bond donors (Lipinski definition) is 0. The third kappa shape index (κ3) is 65.0. The Balaban J connectivity index is 0. The zero-order valence-corrected chi connectivity index (χ0v) is 31.2. The van der Waals surface area contributed by atoms with Gasteiger partial charge in [0.05, 0.1) is 0 Å². The predicted octanol–water partition coefficient (Wildman–Crippen LogP) is -0.361. The molecule has 6 radical (unpaired) electrons. The van der Waals surface area contributed by atoms with Gasteiger partial charge in [0, 0.05) is 220 Å². The van der Waals surface area contributed by atoms with E-state index >= 15 is 0 Å².